The molecule has 0 aromatic carbocycles. The van der Waals surface area contributed by atoms with E-state index in [9.17, 15) is 9.18 Å². The van der Waals surface area contributed by atoms with Crippen molar-refractivity contribution in [2.75, 3.05) is 5.73 Å². The Hall–Kier alpha value is -1.32. The summed E-state index contributed by atoms with van der Waals surface area (Å²) < 4.78 is 14.7. The number of rotatable bonds is 2. The highest BCUT2D eigenvalue weighted by atomic mass is 19.1. The van der Waals surface area contributed by atoms with Crippen LogP contribution in [-0.2, 0) is 6.54 Å². The minimum Gasteiger partial charge on any atom is -0.394 e. The molecule has 0 saturated heterocycles. The fraction of sp³-hybridized carbons (Fsp3) is 0.444. The molecular weight excluding hydrogens is 171 g/mol. The van der Waals surface area contributed by atoms with Crippen molar-refractivity contribution in [1.29, 1.82) is 0 Å². The Kier molecular flexibility index (Phi) is 2.40. The Morgan fingerprint density at radius 2 is 2.23 bits per heavy atom. The van der Waals surface area contributed by atoms with Crippen molar-refractivity contribution in [3.63, 3.8) is 0 Å². The molecule has 2 N–H and O–H groups in total. The summed E-state index contributed by atoms with van der Waals surface area (Å²) in [6.07, 6.45) is 2.98. The van der Waals surface area contributed by atoms with Crippen LogP contribution in [0.25, 0.3) is 0 Å². The smallest absolute Gasteiger partial charge is 0.204 e. The number of halogens is 1. The second kappa shape index (κ2) is 3.20. The molecular formula is C9H13FN2O. The zero-order chi connectivity index (χ0) is 10.1. The summed E-state index contributed by atoms with van der Waals surface area (Å²) >= 11 is 0. The number of nitrogen functional groups attached to an aromatic ring is 1. The predicted molar refractivity (Wildman–Crippen MR) is 50.3 cm³/mol. The predicted octanol–water partition coefficient (Wildman–Crippen LogP) is 1.18. The normalized spacial score (nSPS) is 11.6. The van der Waals surface area contributed by atoms with Gasteiger partial charge in [-0.15, -0.1) is 0 Å². The highest BCUT2D eigenvalue weighted by molar-refractivity contribution is 5.33. The lowest BCUT2D eigenvalue weighted by Crippen LogP contribution is -2.22. The Balaban J connectivity index is 2.92. The van der Waals surface area contributed by atoms with E-state index in [0.717, 1.165) is 0 Å². The lowest BCUT2D eigenvalue weighted by atomic mass is 10.2. The van der Waals surface area contributed by atoms with Gasteiger partial charge in [-0.25, -0.2) is 4.39 Å². The molecule has 0 unspecified atom stereocenters. The molecule has 3 nitrogen and oxygen atoms in total. The maximum Gasteiger partial charge on any atom is 0.204 e. The van der Waals surface area contributed by atoms with Gasteiger partial charge in [0.2, 0.25) is 5.43 Å². The van der Waals surface area contributed by atoms with Crippen molar-refractivity contribution in [3.8, 4) is 0 Å². The standard InChI is InChI=1S/C9H13FN2O/c1-9(2,10)6-12-4-3-8(13)7(11)5-12/h3-5H,6,11H2,1-2H3. The van der Waals surface area contributed by atoms with E-state index >= 15 is 0 Å². The zero-order valence-corrected chi connectivity index (χ0v) is 7.75. The van der Waals surface area contributed by atoms with E-state index in [1.165, 1.54) is 32.3 Å². The fourth-order valence-electron chi connectivity index (χ4n) is 1.08. The molecule has 4 heteroatoms. The Labute approximate surface area is 76.0 Å². The van der Waals surface area contributed by atoms with Crippen molar-refractivity contribution >= 4 is 5.69 Å². The summed E-state index contributed by atoms with van der Waals surface area (Å²) in [5, 5.41) is 0. The second-order valence-corrected chi connectivity index (χ2v) is 3.66. The van der Waals surface area contributed by atoms with Crippen LogP contribution in [0.1, 0.15) is 13.8 Å². The van der Waals surface area contributed by atoms with Crippen LogP contribution < -0.4 is 11.2 Å². The van der Waals surface area contributed by atoms with Gasteiger partial charge in [0.25, 0.3) is 0 Å². The largest absolute Gasteiger partial charge is 0.394 e. The molecule has 0 amide bonds. The van der Waals surface area contributed by atoms with Crippen LogP contribution in [0, 0.1) is 0 Å². The Morgan fingerprint density at radius 3 is 2.69 bits per heavy atom. The molecule has 0 aliphatic rings. The molecule has 1 heterocycles. The molecule has 1 aromatic rings. The first-order valence-electron chi connectivity index (χ1n) is 4.03. The van der Waals surface area contributed by atoms with Crippen LogP contribution in [0.2, 0.25) is 0 Å². The van der Waals surface area contributed by atoms with E-state index in [1.807, 2.05) is 0 Å². The molecule has 0 atom stereocenters. The highest BCUT2D eigenvalue weighted by Gasteiger charge is 2.15. The van der Waals surface area contributed by atoms with Crippen molar-refractivity contribution in [1.82, 2.24) is 4.57 Å². The monoisotopic (exact) mass is 184 g/mol. The Bertz CT molecular complexity index is 351. The third-order valence-electron chi connectivity index (χ3n) is 1.57. The average molecular weight is 184 g/mol. The van der Waals surface area contributed by atoms with Crippen LogP contribution in [-0.4, -0.2) is 10.2 Å². The highest BCUT2D eigenvalue weighted by Crippen LogP contribution is 2.11. The number of nitrogens with two attached hydrogens (primary N) is 1. The topological polar surface area (TPSA) is 48.0 Å². The minimum absolute atomic E-state index is 0.145. The molecule has 0 fully saturated rings. The fourth-order valence-corrected chi connectivity index (χ4v) is 1.08. The number of nitrogens with zero attached hydrogens (tertiary/aromatic N) is 1. The average Bonchev–Trinajstić information content (AvgIpc) is 1.94. The van der Waals surface area contributed by atoms with Crippen molar-refractivity contribution < 1.29 is 4.39 Å². The first-order valence-corrected chi connectivity index (χ1v) is 4.03. The number of pyridine rings is 1. The van der Waals surface area contributed by atoms with Crippen LogP contribution in [0.5, 0.6) is 0 Å². The summed E-state index contributed by atoms with van der Waals surface area (Å²) in [5.74, 6) is 0. The molecule has 1 aromatic heterocycles. The van der Waals surface area contributed by atoms with E-state index < -0.39 is 5.67 Å². The molecule has 0 aliphatic heterocycles. The molecule has 0 spiro atoms. The first kappa shape index (κ1) is 9.77. The number of hydrogen-bond donors (Lipinski definition) is 1. The summed E-state index contributed by atoms with van der Waals surface area (Å²) in [6, 6.07) is 1.33. The summed E-state index contributed by atoms with van der Waals surface area (Å²) in [4.78, 5) is 10.9. The number of alkyl halides is 1. The van der Waals surface area contributed by atoms with Gasteiger partial charge < -0.3 is 10.3 Å². The number of hydrogen-bond acceptors (Lipinski definition) is 2. The van der Waals surface area contributed by atoms with Gasteiger partial charge >= 0.3 is 0 Å². The zero-order valence-electron chi connectivity index (χ0n) is 7.75. The lowest BCUT2D eigenvalue weighted by molar-refractivity contribution is 0.186. The van der Waals surface area contributed by atoms with E-state index in [0.29, 0.717) is 0 Å². The van der Waals surface area contributed by atoms with Crippen molar-refractivity contribution in [2.45, 2.75) is 26.1 Å². The van der Waals surface area contributed by atoms with Gasteiger partial charge in [-0.1, -0.05) is 0 Å². The van der Waals surface area contributed by atoms with Crippen molar-refractivity contribution in [2.24, 2.45) is 0 Å². The minimum atomic E-state index is -1.30. The molecule has 1 rings (SSSR count). The van der Waals surface area contributed by atoms with E-state index in [1.54, 1.807) is 4.57 Å². The molecule has 72 valence electrons. The van der Waals surface area contributed by atoms with E-state index in [2.05, 4.69) is 0 Å². The molecule has 0 bridgehead atoms. The molecule has 0 saturated carbocycles. The third kappa shape index (κ3) is 2.89. The van der Waals surface area contributed by atoms with Gasteiger partial charge in [-0.05, 0) is 13.8 Å². The molecule has 0 aliphatic carbocycles. The van der Waals surface area contributed by atoms with Crippen LogP contribution >= 0.6 is 0 Å². The van der Waals surface area contributed by atoms with Crippen LogP contribution in [0.3, 0.4) is 0 Å². The van der Waals surface area contributed by atoms with Gasteiger partial charge in [-0.2, -0.15) is 0 Å². The van der Waals surface area contributed by atoms with Gasteiger partial charge in [-0.3, -0.25) is 4.79 Å². The summed E-state index contributed by atoms with van der Waals surface area (Å²) in [5.41, 5.74) is 4.00. The second-order valence-electron chi connectivity index (χ2n) is 3.66. The third-order valence-corrected chi connectivity index (χ3v) is 1.57. The molecule has 0 radical (unpaired) electrons. The maximum absolute atomic E-state index is 13.2. The van der Waals surface area contributed by atoms with Crippen LogP contribution in [0.4, 0.5) is 10.1 Å². The lowest BCUT2D eigenvalue weighted by Gasteiger charge is -2.16. The summed E-state index contributed by atoms with van der Waals surface area (Å²) in [7, 11) is 0. The van der Waals surface area contributed by atoms with Crippen molar-refractivity contribution in [3.05, 3.63) is 28.7 Å². The quantitative estimate of drug-likeness (QED) is 0.750. The van der Waals surface area contributed by atoms with E-state index in [-0.39, 0.29) is 17.7 Å². The number of anilines is 1. The van der Waals surface area contributed by atoms with Gasteiger partial charge in [0.15, 0.2) is 0 Å². The Morgan fingerprint density at radius 1 is 1.62 bits per heavy atom. The van der Waals surface area contributed by atoms with Gasteiger partial charge in [0, 0.05) is 18.5 Å². The van der Waals surface area contributed by atoms with Crippen LogP contribution in [0.15, 0.2) is 23.3 Å². The maximum atomic E-state index is 13.2. The van der Waals surface area contributed by atoms with E-state index in [4.69, 9.17) is 5.73 Å². The van der Waals surface area contributed by atoms with Gasteiger partial charge in [0.1, 0.15) is 5.67 Å². The van der Waals surface area contributed by atoms with Gasteiger partial charge in [0.05, 0.1) is 12.2 Å². The number of aromatic nitrogens is 1. The molecule has 13 heavy (non-hydrogen) atoms. The SMILES string of the molecule is CC(C)(F)Cn1ccc(=O)c(N)c1. The summed E-state index contributed by atoms with van der Waals surface area (Å²) in [6.45, 7) is 3.14. The first-order chi connectivity index (χ1) is 5.88.